The van der Waals surface area contributed by atoms with E-state index in [2.05, 4.69) is 44.0 Å². The van der Waals surface area contributed by atoms with Gasteiger partial charge in [0, 0.05) is 18.2 Å². The van der Waals surface area contributed by atoms with E-state index in [1.165, 1.54) is 5.57 Å². The first-order valence-electron chi connectivity index (χ1n) is 10.9. The topological polar surface area (TPSA) is 32.3 Å². The van der Waals surface area contributed by atoms with Crippen LogP contribution in [0, 0.1) is 0 Å². The van der Waals surface area contributed by atoms with E-state index in [0.717, 1.165) is 29.2 Å². The summed E-state index contributed by atoms with van der Waals surface area (Å²) in [5, 5.41) is 16.0. The van der Waals surface area contributed by atoms with E-state index in [-0.39, 0.29) is 6.04 Å². The van der Waals surface area contributed by atoms with Gasteiger partial charge >= 0.3 is 0 Å². The molecule has 2 heteroatoms. The molecule has 0 saturated heterocycles. The van der Waals surface area contributed by atoms with E-state index < -0.39 is 0 Å². The van der Waals surface area contributed by atoms with Crippen LogP contribution in [0.2, 0.25) is 0 Å². The van der Waals surface area contributed by atoms with Crippen molar-refractivity contribution in [1.29, 1.82) is 0 Å². The number of benzene rings is 3. The minimum Gasteiger partial charge on any atom is -0.508 e. The Morgan fingerprint density at radius 2 is 1.57 bits per heavy atom. The summed E-state index contributed by atoms with van der Waals surface area (Å²) in [6, 6.07) is 24.2. The average molecular weight is 404 g/mol. The van der Waals surface area contributed by atoms with Crippen LogP contribution >= 0.6 is 0 Å². The molecule has 0 bridgehead atoms. The van der Waals surface area contributed by atoms with Crippen LogP contribution in [0.25, 0.3) is 10.8 Å². The molecule has 0 amide bonds. The molecule has 0 spiro atoms. The van der Waals surface area contributed by atoms with Crippen LogP contribution in [0.15, 0.2) is 97.1 Å². The maximum Gasteiger partial charge on any atom is 0.120 e. The third-order valence-electron chi connectivity index (χ3n) is 4.83. The largest absolute Gasteiger partial charge is 0.508 e. The summed E-state index contributed by atoms with van der Waals surface area (Å²) in [7, 11) is 0. The third kappa shape index (κ3) is 8.26. The Balaban J connectivity index is 0.000000474. The van der Waals surface area contributed by atoms with Crippen molar-refractivity contribution >= 4 is 10.8 Å². The van der Waals surface area contributed by atoms with Gasteiger partial charge in [0.05, 0.1) is 0 Å². The Bertz CT molecular complexity index is 857. The standard InChI is InChI=1S/C20H25NO.C6H6.C2H6/c1-4-6-9-16(5-2)15(3)21-14-19-18-11-8-7-10-17(18)12-13-20(19)22;1-2-4-6-5-3-1;1-2/h4-5,7-8,10-13,15,21-22H,1,6,9,14H2,2-3H3;1-6H;1-2H3/b16-5+;;/t15-;;/m0../s1. The highest BCUT2D eigenvalue weighted by Crippen LogP contribution is 2.27. The van der Waals surface area contributed by atoms with Crippen LogP contribution in [0.3, 0.4) is 0 Å². The lowest BCUT2D eigenvalue weighted by molar-refractivity contribution is 0.463. The minimum absolute atomic E-state index is 0.281. The number of rotatable bonds is 7. The Hall–Kier alpha value is -2.84. The molecule has 0 radical (unpaired) electrons. The van der Waals surface area contributed by atoms with Gasteiger partial charge in [0.1, 0.15) is 5.75 Å². The van der Waals surface area contributed by atoms with Crippen molar-refractivity contribution < 1.29 is 5.11 Å². The first-order valence-corrected chi connectivity index (χ1v) is 10.9. The molecule has 2 nitrogen and oxygen atoms in total. The summed E-state index contributed by atoms with van der Waals surface area (Å²) >= 11 is 0. The van der Waals surface area contributed by atoms with Crippen LogP contribution in [0.1, 0.15) is 46.1 Å². The summed E-state index contributed by atoms with van der Waals surface area (Å²) in [5.74, 6) is 0.353. The van der Waals surface area contributed by atoms with E-state index >= 15 is 0 Å². The van der Waals surface area contributed by atoms with Crippen molar-refractivity contribution in [2.45, 2.75) is 53.1 Å². The molecule has 160 valence electrons. The number of aromatic hydroxyl groups is 1. The molecular weight excluding hydrogens is 366 g/mol. The SMILES string of the molecule is C=CCC/C(=C\C)[C@H](C)NCc1c(O)ccc2ccccc12.CC.c1ccccc1. The van der Waals surface area contributed by atoms with Crippen LogP contribution in [-0.4, -0.2) is 11.1 Å². The maximum atomic E-state index is 10.2. The van der Waals surface area contributed by atoms with Gasteiger partial charge in [-0.1, -0.05) is 98.3 Å². The van der Waals surface area contributed by atoms with Gasteiger partial charge in [-0.25, -0.2) is 0 Å². The molecule has 0 saturated carbocycles. The molecule has 0 aromatic heterocycles. The van der Waals surface area contributed by atoms with Crippen molar-refractivity contribution in [2.24, 2.45) is 0 Å². The monoisotopic (exact) mass is 403 g/mol. The normalized spacial score (nSPS) is 11.5. The Labute approximate surface area is 183 Å². The number of hydrogen-bond acceptors (Lipinski definition) is 2. The molecule has 0 unspecified atom stereocenters. The molecule has 0 aliphatic rings. The zero-order valence-corrected chi connectivity index (χ0v) is 18.9. The number of phenolic OH excluding ortho intramolecular Hbond substituents is 1. The van der Waals surface area contributed by atoms with Crippen molar-refractivity contribution in [3.63, 3.8) is 0 Å². The second-order valence-corrected chi connectivity index (χ2v) is 6.73. The summed E-state index contributed by atoms with van der Waals surface area (Å²) in [6.07, 6.45) is 6.14. The van der Waals surface area contributed by atoms with Gasteiger partial charge in [-0.05, 0) is 43.5 Å². The van der Waals surface area contributed by atoms with Crippen LogP contribution in [0.5, 0.6) is 5.75 Å². The van der Waals surface area contributed by atoms with Crippen LogP contribution in [0.4, 0.5) is 0 Å². The highest BCUT2D eigenvalue weighted by atomic mass is 16.3. The Morgan fingerprint density at radius 3 is 2.13 bits per heavy atom. The highest BCUT2D eigenvalue weighted by Gasteiger charge is 2.10. The van der Waals surface area contributed by atoms with E-state index in [4.69, 9.17) is 0 Å². The van der Waals surface area contributed by atoms with Crippen molar-refractivity contribution in [1.82, 2.24) is 5.32 Å². The second kappa shape index (κ2) is 15.1. The van der Waals surface area contributed by atoms with Crippen molar-refractivity contribution in [3.05, 3.63) is 103 Å². The molecular formula is C28H37NO. The summed E-state index contributed by atoms with van der Waals surface area (Å²) < 4.78 is 0. The molecule has 0 aliphatic heterocycles. The zero-order chi connectivity index (χ0) is 22.2. The lowest BCUT2D eigenvalue weighted by Gasteiger charge is -2.18. The molecule has 3 aromatic rings. The molecule has 30 heavy (non-hydrogen) atoms. The number of hydrogen-bond donors (Lipinski definition) is 2. The second-order valence-electron chi connectivity index (χ2n) is 6.73. The van der Waals surface area contributed by atoms with Crippen molar-refractivity contribution in [3.8, 4) is 5.75 Å². The average Bonchev–Trinajstić information content (AvgIpc) is 2.82. The predicted molar refractivity (Wildman–Crippen MR) is 133 cm³/mol. The van der Waals surface area contributed by atoms with Gasteiger partial charge in [0.2, 0.25) is 0 Å². The summed E-state index contributed by atoms with van der Waals surface area (Å²) in [6.45, 7) is 12.7. The lowest BCUT2D eigenvalue weighted by Crippen LogP contribution is -2.27. The van der Waals surface area contributed by atoms with Gasteiger partial charge in [0.25, 0.3) is 0 Å². The summed E-state index contributed by atoms with van der Waals surface area (Å²) in [4.78, 5) is 0. The van der Waals surface area contributed by atoms with Crippen molar-refractivity contribution in [2.75, 3.05) is 0 Å². The molecule has 3 rings (SSSR count). The zero-order valence-electron chi connectivity index (χ0n) is 18.9. The van der Waals surface area contributed by atoms with Gasteiger partial charge in [-0.3, -0.25) is 0 Å². The lowest BCUT2D eigenvalue weighted by atomic mass is 10.0. The smallest absolute Gasteiger partial charge is 0.120 e. The van der Waals surface area contributed by atoms with Crippen LogP contribution < -0.4 is 5.32 Å². The first-order chi connectivity index (χ1) is 14.7. The molecule has 3 aromatic carbocycles. The fourth-order valence-electron chi connectivity index (χ4n) is 3.16. The fourth-order valence-corrected chi connectivity index (χ4v) is 3.16. The molecule has 2 N–H and O–H groups in total. The number of fused-ring (bicyclic) bond motifs is 1. The number of nitrogens with one attached hydrogen (secondary N) is 1. The maximum absolute atomic E-state index is 10.2. The fraction of sp³-hybridized carbons (Fsp3) is 0.286. The van der Waals surface area contributed by atoms with Gasteiger partial charge in [-0.15, -0.1) is 6.58 Å². The van der Waals surface area contributed by atoms with Gasteiger partial charge < -0.3 is 10.4 Å². The predicted octanol–water partition coefficient (Wildman–Crippen LogP) is 7.65. The third-order valence-corrected chi connectivity index (χ3v) is 4.83. The Kier molecular flexibility index (Phi) is 12.6. The van der Waals surface area contributed by atoms with E-state index in [0.29, 0.717) is 12.3 Å². The van der Waals surface area contributed by atoms with E-state index in [9.17, 15) is 5.11 Å². The van der Waals surface area contributed by atoms with E-state index in [1.54, 1.807) is 6.07 Å². The summed E-state index contributed by atoms with van der Waals surface area (Å²) in [5.41, 5.74) is 2.34. The minimum atomic E-state index is 0.281. The van der Waals surface area contributed by atoms with Gasteiger partial charge in [0.15, 0.2) is 0 Å². The first kappa shape index (κ1) is 25.2. The quantitative estimate of drug-likeness (QED) is 0.397. The van der Waals surface area contributed by atoms with E-state index in [1.807, 2.05) is 74.5 Å². The van der Waals surface area contributed by atoms with Gasteiger partial charge in [-0.2, -0.15) is 0 Å². The number of allylic oxidation sites excluding steroid dienone is 2. The Morgan fingerprint density at radius 1 is 0.967 bits per heavy atom. The highest BCUT2D eigenvalue weighted by molar-refractivity contribution is 5.87. The molecule has 0 aliphatic carbocycles. The molecule has 0 fully saturated rings. The molecule has 1 atom stereocenters. The number of phenols is 1. The molecule has 0 heterocycles. The van der Waals surface area contributed by atoms with Crippen LogP contribution in [-0.2, 0) is 6.54 Å².